The average molecular weight is 657 g/mol. The summed E-state index contributed by atoms with van der Waals surface area (Å²) in [6, 6.07) is 18.4. The maximum absolute atomic E-state index is 13.8. The van der Waals surface area contributed by atoms with Gasteiger partial charge in [-0.25, -0.2) is 9.78 Å². The molecule has 0 aliphatic carbocycles. The van der Waals surface area contributed by atoms with Crippen molar-refractivity contribution in [3.8, 4) is 23.0 Å². The molecule has 1 aromatic heterocycles. The van der Waals surface area contributed by atoms with E-state index in [1.165, 1.54) is 4.90 Å². The molecule has 4 aromatic rings. The van der Waals surface area contributed by atoms with E-state index in [-0.39, 0.29) is 34.4 Å². The van der Waals surface area contributed by atoms with Crippen LogP contribution < -0.4 is 23.8 Å². The van der Waals surface area contributed by atoms with Gasteiger partial charge in [0.25, 0.3) is 5.78 Å². The van der Waals surface area contributed by atoms with Crippen LogP contribution in [0.1, 0.15) is 51.9 Å². The number of amides is 1. The van der Waals surface area contributed by atoms with Crippen LogP contribution in [0.25, 0.3) is 5.76 Å². The highest BCUT2D eigenvalue weighted by molar-refractivity contribution is 7.17. The van der Waals surface area contributed by atoms with E-state index in [1.807, 2.05) is 37.3 Å². The van der Waals surface area contributed by atoms with Gasteiger partial charge in [-0.2, -0.15) is 0 Å². The molecule has 12 heteroatoms. The van der Waals surface area contributed by atoms with E-state index < -0.39 is 29.5 Å². The summed E-state index contributed by atoms with van der Waals surface area (Å²) in [6.45, 7) is 6.62. The summed E-state index contributed by atoms with van der Waals surface area (Å²) < 4.78 is 28.5. The van der Waals surface area contributed by atoms with Crippen LogP contribution in [0.15, 0.2) is 72.3 Å². The monoisotopic (exact) mass is 656 g/mol. The SMILES string of the molecule is CCOC(=O)c1sc(N2C(=O)C(=O)/C(=C(/O)c3ccc4c(c3)OCCO4)[C@H]2c2ccc(OCc3ccccc3)c(OCC)c2)nc1C. The molecule has 11 nitrogen and oxygen atoms in total. The van der Waals surface area contributed by atoms with E-state index in [4.69, 9.17) is 23.7 Å². The number of esters is 1. The number of rotatable bonds is 10. The van der Waals surface area contributed by atoms with Crippen molar-refractivity contribution in [2.24, 2.45) is 0 Å². The molecular formula is C35H32N2O9S. The Morgan fingerprint density at radius 1 is 0.957 bits per heavy atom. The predicted octanol–water partition coefficient (Wildman–Crippen LogP) is 6.00. The van der Waals surface area contributed by atoms with Gasteiger partial charge in [0.2, 0.25) is 0 Å². The number of carbonyl (C=O) groups is 3. The summed E-state index contributed by atoms with van der Waals surface area (Å²) in [5.74, 6) is -1.09. The number of thiazole rings is 1. The van der Waals surface area contributed by atoms with E-state index in [0.29, 0.717) is 54.1 Å². The number of ether oxygens (including phenoxy) is 5. The lowest BCUT2D eigenvalue weighted by Crippen LogP contribution is -2.29. The van der Waals surface area contributed by atoms with E-state index in [0.717, 1.165) is 16.9 Å². The molecule has 242 valence electrons. The summed E-state index contributed by atoms with van der Waals surface area (Å²) >= 11 is 0.931. The molecule has 47 heavy (non-hydrogen) atoms. The number of aliphatic hydroxyl groups excluding tert-OH is 1. The van der Waals surface area contributed by atoms with Crippen molar-refractivity contribution in [1.82, 2.24) is 4.98 Å². The fourth-order valence-corrected chi connectivity index (χ4v) is 6.37. The Morgan fingerprint density at radius 2 is 1.72 bits per heavy atom. The Balaban J connectivity index is 1.47. The molecule has 2 aliphatic rings. The summed E-state index contributed by atoms with van der Waals surface area (Å²) in [4.78, 5) is 46.2. The van der Waals surface area contributed by atoms with E-state index in [1.54, 1.807) is 50.2 Å². The van der Waals surface area contributed by atoms with E-state index >= 15 is 0 Å². The molecule has 0 radical (unpaired) electrons. The van der Waals surface area contributed by atoms with Gasteiger partial charge < -0.3 is 28.8 Å². The normalized spacial score (nSPS) is 16.7. The van der Waals surface area contributed by atoms with Crippen LogP contribution in [0, 0.1) is 6.92 Å². The Bertz CT molecular complexity index is 1870. The van der Waals surface area contributed by atoms with E-state index in [9.17, 15) is 19.5 Å². The molecule has 0 unspecified atom stereocenters. The van der Waals surface area contributed by atoms with Gasteiger partial charge in [0.05, 0.1) is 30.5 Å². The van der Waals surface area contributed by atoms with Gasteiger partial charge in [0, 0.05) is 5.56 Å². The fraction of sp³-hybridized carbons (Fsp3) is 0.257. The number of hydrogen-bond acceptors (Lipinski definition) is 11. The van der Waals surface area contributed by atoms with Crippen LogP contribution in [-0.2, 0) is 20.9 Å². The molecule has 2 aliphatic heterocycles. The first-order chi connectivity index (χ1) is 22.8. The highest BCUT2D eigenvalue weighted by Gasteiger charge is 2.49. The van der Waals surface area contributed by atoms with Crippen molar-refractivity contribution in [2.45, 2.75) is 33.4 Å². The van der Waals surface area contributed by atoms with Crippen molar-refractivity contribution in [2.75, 3.05) is 31.3 Å². The van der Waals surface area contributed by atoms with Crippen LogP contribution in [0.3, 0.4) is 0 Å². The number of ketones is 1. The van der Waals surface area contributed by atoms with Crippen molar-refractivity contribution in [3.05, 3.63) is 99.6 Å². The molecule has 1 saturated heterocycles. The summed E-state index contributed by atoms with van der Waals surface area (Å²) in [5.41, 5.74) is 1.84. The average Bonchev–Trinajstić information content (AvgIpc) is 3.60. The zero-order valence-corrected chi connectivity index (χ0v) is 26.8. The van der Waals surface area contributed by atoms with Crippen LogP contribution in [0.4, 0.5) is 5.13 Å². The first-order valence-electron chi connectivity index (χ1n) is 15.1. The predicted molar refractivity (Wildman–Crippen MR) is 173 cm³/mol. The van der Waals surface area contributed by atoms with Crippen molar-refractivity contribution >= 4 is 39.9 Å². The lowest BCUT2D eigenvalue weighted by molar-refractivity contribution is -0.132. The summed E-state index contributed by atoms with van der Waals surface area (Å²) in [7, 11) is 0. The van der Waals surface area contributed by atoms with Crippen molar-refractivity contribution < 1.29 is 43.2 Å². The molecule has 0 saturated carbocycles. The highest BCUT2D eigenvalue weighted by atomic mass is 32.1. The second-order valence-electron chi connectivity index (χ2n) is 10.6. The van der Waals surface area contributed by atoms with Gasteiger partial charge in [-0.05, 0) is 62.2 Å². The standard InChI is InChI=1S/C35H32N2O9S/c1-4-42-26-17-22(11-13-25(26)46-19-21-9-7-6-8-10-21)29-28(30(38)23-12-14-24-27(18-23)45-16-15-44-24)31(39)33(40)37(29)35-36-20(3)32(47-35)34(41)43-5-2/h6-14,17-18,29,38H,4-5,15-16,19H2,1-3H3/b30-28+/t29-/m1/s1. The third-order valence-corrected chi connectivity index (χ3v) is 8.67. The number of carbonyl (C=O) groups excluding carboxylic acids is 3. The minimum absolute atomic E-state index is 0.0984. The molecule has 1 fully saturated rings. The second kappa shape index (κ2) is 13.6. The number of hydrogen-bond donors (Lipinski definition) is 1. The number of aliphatic hydroxyl groups is 1. The van der Waals surface area contributed by atoms with Gasteiger partial charge >= 0.3 is 11.9 Å². The summed E-state index contributed by atoms with van der Waals surface area (Å²) in [6.07, 6.45) is 0. The van der Waals surface area contributed by atoms with Gasteiger partial charge in [-0.1, -0.05) is 47.7 Å². The number of benzene rings is 3. The largest absolute Gasteiger partial charge is 0.507 e. The minimum atomic E-state index is -1.13. The quantitative estimate of drug-likeness (QED) is 0.0937. The molecule has 0 bridgehead atoms. The van der Waals surface area contributed by atoms with Gasteiger partial charge in [0.1, 0.15) is 30.5 Å². The zero-order chi connectivity index (χ0) is 33.1. The molecule has 1 amide bonds. The Kier molecular flexibility index (Phi) is 9.12. The molecule has 3 heterocycles. The van der Waals surface area contributed by atoms with Crippen LogP contribution >= 0.6 is 11.3 Å². The Morgan fingerprint density at radius 3 is 2.47 bits per heavy atom. The first-order valence-corrected chi connectivity index (χ1v) is 15.9. The Hall–Kier alpha value is -5.36. The lowest BCUT2D eigenvalue weighted by Gasteiger charge is -2.24. The van der Waals surface area contributed by atoms with Crippen molar-refractivity contribution in [1.29, 1.82) is 0 Å². The third-order valence-electron chi connectivity index (χ3n) is 7.53. The second-order valence-corrected chi connectivity index (χ2v) is 11.5. The summed E-state index contributed by atoms with van der Waals surface area (Å²) in [5, 5.41) is 11.8. The lowest BCUT2D eigenvalue weighted by atomic mass is 9.95. The molecule has 6 rings (SSSR count). The van der Waals surface area contributed by atoms with Gasteiger partial charge in [-0.3, -0.25) is 14.5 Å². The number of nitrogens with zero attached hydrogens (tertiary/aromatic N) is 2. The van der Waals surface area contributed by atoms with Crippen LogP contribution in [0.5, 0.6) is 23.0 Å². The van der Waals surface area contributed by atoms with Gasteiger partial charge in [-0.15, -0.1) is 0 Å². The number of anilines is 1. The molecule has 3 aromatic carbocycles. The first kappa shape index (κ1) is 31.6. The minimum Gasteiger partial charge on any atom is -0.507 e. The molecule has 1 atom stereocenters. The maximum atomic E-state index is 13.8. The maximum Gasteiger partial charge on any atom is 0.350 e. The Labute approximate surface area is 274 Å². The van der Waals surface area contributed by atoms with Crippen LogP contribution in [-0.4, -0.2) is 54.2 Å². The number of fused-ring (bicyclic) bond motifs is 1. The third kappa shape index (κ3) is 6.24. The van der Waals surface area contributed by atoms with Crippen molar-refractivity contribution in [3.63, 3.8) is 0 Å². The fourth-order valence-electron chi connectivity index (χ4n) is 5.38. The van der Waals surface area contributed by atoms with Crippen LogP contribution in [0.2, 0.25) is 0 Å². The highest BCUT2D eigenvalue weighted by Crippen LogP contribution is 2.46. The van der Waals surface area contributed by atoms with Gasteiger partial charge in [0.15, 0.2) is 28.1 Å². The topological polar surface area (TPSA) is 134 Å². The smallest absolute Gasteiger partial charge is 0.350 e. The molecule has 1 N–H and O–H groups in total. The number of aryl methyl sites for hydroxylation is 1. The zero-order valence-electron chi connectivity index (χ0n) is 26.0. The number of aromatic nitrogens is 1. The molecular weight excluding hydrogens is 624 g/mol. The molecule has 0 spiro atoms. The number of Topliss-reactive ketones (excluding diaryl/α,β-unsaturated/α-hetero) is 1. The van der Waals surface area contributed by atoms with E-state index in [2.05, 4.69) is 4.98 Å².